The number of nitrogens with one attached hydrogen (secondary N) is 2. The van der Waals surface area contributed by atoms with Crippen LogP contribution in [0.3, 0.4) is 0 Å². The smallest absolute Gasteiger partial charge is 0.257 e. The fraction of sp³-hybridized carbons (Fsp3) is 0.438. The lowest BCUT2D eigenvalue weighted by Crippen LogP contribution is -2.55. The molecular formula is C32H38N4O4S2. The Hall–Kier alpha value is -3.05. The maximum atomic E-state index is 13.8. The van der Waals surface area contributed by atoms with Crippen molar-refractivity contribution in [3.8, 4) is 0 Å². The molecule has 2 amide bonds. The van der Waals surface area contributed by atoms with Gasteiger partial charge < -0.3 is 15.5 Å². The predicted octanol–water partition coefficient (Wildman–Crippen LogP) is 5.14. The number of hydrogen-bond acceptors (Lipinski definition) is 6. The van der Waals surface area contributed by atoms with E-state index in [9.17, 15) is 18.0 Å². The van der Waals surface area contributed by atoms with Gasteiger partial charge in [-0.25, -0.2) is 8.42 Å². The number of benzene rings is 2. The Kier molecular flexibility index (Phi) is 7.32. The highest BCUT2D eigenvalue weighted by atomic mass is 32.2. The van der Waals surface area contributed by atoms with Gasteiger partial charge in [0.2, 0.25) is 10.0 Å². The summed E-state index contributed by atoms with van der Waals surface area (Å²) in [6.07, 6.45) is 3.32. The zero-order valence-electron chi connectivity index (χ0n) is 24.6. The summed E-state index contributed by atoms with van der Waals surface area (Å²) in [6.45, 7) is 10.7. The van der Waals surface area contributed by atoms with Gasteiger partial charge in [-0.15, -0.1) is 11.3 Å². The minimum Gasteiger partial charge on any atom is -0.339 e. The molecule has 2 aromatic carbocycles. The number of rotatable bonds is 5. The van der Waals surface area contributed by atoms with Crippen LogP contribution in [0.25, 0.3) is 0 Å². The molecule has 3 aliphatic heterocycles. The number of nitrogens with zero attached hydrogens (tertiary/aromatic N) is 2. The Morgan fingerprint density at radius 1 is 0.929 bits per heavy atom. The van der Waals surface area contributed by atoms with Gasteiger partial charge in [0.25, 0.3) is 11.8 Å². The highest BCUT2D eigenvalue weighted by molar-refractivity contribution is 7.89. The van der Waals surface area contributed by atoms with Crippen molar-refractivity contribution in [2.24, 2.45) is 0 Å². The van der Waals surface area contributed by atoms with Crippen LogP contribution in [-0.4, -0.2) is 54.6 Å². The fourth-order valence-electron chi connectivity index (χ4n) is 6.70. The lowest BCUT2D eigenvalue weighted by Gasteiger charge is -2.42. The maximum absolute atomic E-state index is 13.8. The Bertz CT molecular complexity index is 1650. The van der Waals surface area contributed by atoms with Crippen LogP contribution in [0.1, 0.15) is 82.8 Å². The third-order valence-corrected chi connectivity index (χ3v) is 11.9. The van der Waals surface area contributed by atoms with Crippen LogP contribution in [0.15, 0.2) is 53.4 Å². The van der Waals surface area contributed by atoms with Crippen molar-refractivity contribution in [2.45, 2.75) is 75.9 Å². The number of fused-ring (bicyclic) bond motifs is 2. The molecule has 222 valence electrons. The summed E-state index contributed by atoms with van der Waals surface area (Å²) in [4.78, 5) is 30.4. The molecule has 0 atom stereocenters. The maximum Gasteiger partial charge on any atom is 0.257 e. The molecule has 3 aromatic rings. The van der Waals surface area contributed by atoms with Crippen molar-refractivity contribution in [3.05, 3.63) is 81.2 Å². The molecule has 8 nitrogen and oxygen atoms in total. The van der Waals surface area contributed by atoms with E-state index in [0.717, 1.165) is 41.9 Å². The molecule has 1 aromatic heterocycles. The lowest BCUT2D eigenvalue weighted by molar-refractivity contribution is 0.0792. The number of likely N-dealkylation sites (tertiary alicyclic amines) is 1. The first-order chi connectivity index (χ1) is 19.9. The Morgan fingerprint density at radius 3 is 2.29 bits per heavy atom. The second-order valence-corrected chi connectivity index (χ2v) is 15.7. The average Bonchev–Trinajstić information content (AvgIpc) is 3.60. The molecular weight excluding hydrogens is 569 g/mol. The first-order valence-electron chi connectivity index (χ1n) is 14.6. The number of anilines is 1. The van der Waals surface area contributed by atoms with Crippen LogP contribution in [0.4, 0.5) is 5.00 Å². The normalized spacial score (nSPS) is 19.7. The fourth-order valence-corrected chi connectivity index (χ4v) is 9.38. The summed E-state index contributed by atoms with van der Waals surface area (Å²) in [5.74, 6) is -0.400. The molecule has 0 bridgehead atoms. The number of sulfonamides is 1. The van der Waals surface area contributed by atoms with E-state index >= 15 is 0 Å². The molecule has 1 fully saturated rings. The average molecular weight is 607 g/mol. The van der Waals surface area contributed by atoms with Crippen molar-refractivity contribution >= 4 is 38.2 Å². The van der Waals surface area contributed by atoms with Crippen LogP contribution in [0.5, 0.6) is 0 Å². The topological polar surface area (TPSA) is 98.8 Å². The summed E-state index contributed by atoms with van der Waals surface area (Å²) >= 11 is 1.46. The summed E-state index contributed by atoms with van der Waals surface area (Å²) in [5.41, 5.74) is 3.55. The molecule has 0 spiro atoms. The van der Waals surface area contributed by atoms with Gasteiger partial charge in [-0.05, 0) is 94.3 Å². The van der Waals surface area contributed by atoms with E-state index in [2.05, 4.69) is 38.3 Å². The predicted molar refractivity (Wildman–Crippen MR) is 166 cm³/mol. The van der Waals surface area contributed by atoms with E-state index in [4.69, 9.17) is 0 Å². The van der Waals surface area contributed by atoms with Gasteiger partial charge in [0.1, 0.15) is 5.00 Å². The summed E-state index contributed by atoms with van der Waals surface area (Å²) < 4.78 is 28.3. The number of amides is 2. The molecule has 42 heavy (non-hydrogen) atoms. The minimum atomic E-state index is -3.71. The van der Waals surface area contributed by atoms with Crippen molar-refractivity contribution in [2.75, 3.05) is 25.0 Å². The van der Waals surface area contributed by atoms with Gasteiger partial charge >= 0.3 is 0 Å². The van der Waals surface area contributed by atoms with Gasteiger partial charge in [0.15, 0.2) is 0 Å². The van der Waals surface area contributed by atoms with E-state index in [-0.39, 0.29) is 27.8 Å². The molecule has 0 unspecified atom stereocenters. The monoisotopic (exact) mass is 606 g/mol. The van der Waals surface area contributed by atoms with Crippen molar-refractivity contribution in [3.63, 3.8) is 0 Å². The Labute approximate surface area is 252 Å². The minimum absolute atomic E-state index is 0.0293. The Morgan fingerprint density at radius 2 is 1.60 bits per heavy atom. The van der Waals surface area contributed by atoms with Crippen LogP contribution in [0, 0.1) is 0 Å². The van der Waals surface area contributed by atoms with E-state index in [1.54, 1.807) is 12.1 Å². The zero-order chi connectivity index (χ0) is 29.9. The van der Waals surface area contributed by atoms with Gasteiger partial charge in [-0.2, -0.15) is 4.31 Å². The second-order valence-electron chi connectivity index (χ2n) is 12.8. The second kappa shape index (κ2) is 10.6. The molecule has 6 rings (SSSR count). The summed E-state index contributed by atoms with van der Waals surface area (Å²) in [6, 6.07) is 14.0. The quantitative estimate of drug-likeness (QED) is 0.419. The first-order valence-corrected chi connectivity index (χ1v) is 16.8. The van der Waals surface area contributed by atoms with Gasteiger partial charge in [-0.1, -0.05) is 24.3 Å². The number of carbonyl (C=O) groups excluding carboxylic acids is 2. The van der Waals surface area contributed by atoms with Crippen LogP contribution >= 0.6 is 11.3 Å². The summed E-state index contributed by atoms with van der Waals surface area (Å²) in [7, 11) is -3.71. The van der Waals surface area contributed by atoms with E-state index in [0.29, 0.717) is 42.1 Å². The van der Waals surface area contributed by atoms with E-state index < -0.39 is 10.0 Å². The highest BCUT2D eigenvalue weighted by Gasteiger charge is 2.42. The Balaban J connectivity index is 1.27. The zero-order valence-corrected chi connectivity index (χ0v) is 26.3. The van der Waals surface area contributed by atoms with E-state index in [1.165, 1.54) is 33.3 Å². The highest BCUT2D eigenvalue weighted by Crippen LogP contribution is 2.46. The van der Waals surface area contributed by atoms with Crippen molar-refractivity contribution in [1.29, 1.82) is 0 Å². The third kappa shape index (κ3) is 5.30. The van der Waals surface area contributed by atoms with Gasteiger partial charge in [0.05, 0.1) is 10.5 Å². The standard InChI is InChI=1S/C32H38N4O4S2/c1-31(2)19-25-26(30(38)35-16-7-8-17-35)29(41-27(25)32(3,4)34-31)33-28(37)22-11-13-24(14-12-22)42(39,40)36-18-15-21-9-5-6-10-23(21)20-36/h5-6,9-14,34H,7-8,15-20H2,1-4H3,(H,33,37). The van der Waals surface area contributed by atoms with Crippen LogP contribution in [-0.2, 0) is 34.9 Å². The molecule has 2 N–H and O–H groups in total. The summed E-state index contributed by atoms with van der Waals surface area (Å²) in [5, 5.41) is 7.27. The molecule has 1 saturated heterocycles. The van der Waals surface area contributed by atoms with Crippen LogP contribution < -0.4 is 10.6 Å². The molecule has 4 heterocycles. The van der Waals surface area contributed by atoms with Crippen LogP contribution in [0.2, 0.25) is 0 Å². The molecule has 0 radical (unpaired) electrons. The number of carbonyl (C=O) groups is 2. The molecule has 10 heteroatoms. The number of hydrogen-bond donors (Lipinski definition) is 2. The van der Waals surface area contributed by atoms with Crippen molar-refractivity contribution < 1.29 is 18.0 Å². The van der Waals surface area contributed by atoms with Crippen molar-refractivity contribution in [1.82, 2.24) is 14.5 Å². The first kappa shape index (κ1) is 29.0. The van der Waals surface area contributed by atoms with E-state index in [1.807, 2.05) is 29.2 Å². The molecule has 0 saturated carbocycles. The molecule has 0 aliphatic carbocycles. The lowest BCUT2D eigenvalue weighted by atomic mass is 9.81. The third-order valence-electron chi connectivity index (χ3n) is 8.53. The largest absolute Gasteiger partial charge is 0.339 e. The van der Waals surface area contributed by atoms with Gasteiger partial charge in [-0.3, -0.25) is 9.59 Å². The molecule has 3 aliphatic rings. The SMILES string of the molecule is CC1(C)Cc2c(sc(NC(=O)c3ccc(S(=O)(=O)N4CCc5ccccc5C4)cc3)c2C(=O)N2CCCC2)C(C)(C)N1. The number of thiophene rings is 1. The van der Waals surface area contributed by atoms with Gasteiger partial charge in [0, 0.05) is 47.7 Å².